The number of benzene rings is 2. The van der Waals surface area contributed by atoms with Crippen molar-refractivity contribution in [3.05, 3.63) is 95.2 Å². The molecule has 0 bridgehead atoms. The summed E-state index contributed by atoms with van der Waals surface area (Å²) in [5.74, 6) is 0. The number of aromatic nitrogens is 2. The molecule has 0 N–H and O–H groups in total. The van der Waals surface area contributed by atoms with E-state index in [-0.39, 0.29) is 16.8 Å². The second-order valence-electron chi connectivity index (χ2n) is 9.59. The molecule has 0 aliphatic carbocycles. The number of fused-ring (bicyclic) bond motifs is 1. The van der Waals surface area contributed by atoms with Crippen LogP contribution in [-0.2, 0) is 15.9 Å². The third kappa shape index (κ3) is 3.90. The first-order chi connectivity index (χ1) is 15.7. The maximum atomic E-state index is 13.2. The molecule has 5 nitrogen and oxygen atoms in total. The summed E-state index contributed by atoms with van der Waals surface area (Å²) in [4.78, 5) is 17.6. The van der Waals surface area contributed by atoms with Crippen molar-refractivity contribution in [2.45, 2.75) is 45.4 Å². The van der Waals surface area contributed by atoms with Crippen LogP contribution in [0.4, 0.5) is 0 Å². The number of rotatable bonds is 4. The van der Waals surface area contributed by atoms with Crippen LogP contribution in [0.5, 0.6) is 0 Å². The summed E-state index contributed by atoms with van der Waals surface area (Å²) < 4.78 is 14.0. The molecule has 0 spiro atoms. The summed E-state index contributed by atoms with van der Waals surface area (Å²) in [5, 5.41) is 1.53. The Morgan fingerprint density at radius 1 is 0.848 bits per heavy atom. The van der Waals surface area contributed by atoms with Gasteiger partial charge in [0.2, 0.25) is 0 Å². The van der Waals surface area contributed by atoms with Gasteiger partial charge < -0.3 is 13.9 Å². The van der Waals surface area contributed by atoms with E-state index in [1.54, 1.807) is 10.8 Å². The Morgan fingerprint density at radius 3 is 2.18 bits per heavy atom. The molecule has 1 fully saturated rings. The summed E-state index contributed by atoms with van der Waals surface area (Å²) in [6.07, 6.45) is 5.33. The van der Waals surface area contributed by atoms with E-state index in [1.807, 2.05) is 101 Å². The topological polar surface area (TPSA) is 53.4 Å². The van der Waals surface area contributed by atoms with Crippen LogP contribution in [-0.4, -0.2) is 27.9 Å². The van der Waals surface area contributed by atoms with Gasteiger partial charge in [0.1, 0.15) is 0 Å². The molecule has 0 radical (unpaired) electrons. The zero-order valence-corrected chi connectivity index (χ0v) is 19.4. The Hall–Kier alpha value is -3.22. The van der Waals surface area contributed by atoms with E-state index in [1.165, 1.54) is 0 Å². The highest BCUT2D eigenvalue weighted by Gasteiger charge is 2.51. The molecule has 0 unspecified atom stereocenters. The van der Waals surface area contributed by atoms with Gasteiger partial charge in [-0.25, -0.2) is 0 Å². The lowest BCUT2D eigenvalue weighted by Gasteiger charge is -2.32. The van der Waals surface area contributed by atoms with Crippen molar-refractivity contribution in [2.75, 3.05) is 0 Å². The number of nitrogens with zero attached hydrogens (tertiary/aromatic N) is 2. The van der Waals surface area contributed by atoms with Crippen LogP contribution < -0.4 is 11.0 Å². The van der Waals surface area contributed by atoms with Crippen LogP contribution in [0, 0.1) is 0 Å². The standard InChI is InChI=1S/C27H27BN2O3/c1-26(2)27(3,4)33-28(32-26)21-12-10-19(11-13-21)18-30-15-14-22-23(20-8-6-5-7-9-20)16-29-17-24(22)25(30)31/h5-17H,18H2,1-4H3. The average Bonchev–Trinajstić information content (AvgIpc) is 3.03. The molecule has 1 aliphatic rings. The fourth-order valence-corrected chi connectivity index (χ4v) is 4.14. The zero-order valence-electron chi connectivity index (χ0n) is 19.4. The minimum Gasteiger partial charge on any atom is -0.399 e. The van der Waals surface area contributed by atoms with Gasteiger partial charge in [0.05, 0.1) is 23.1 Å². The molecule has 1 saturated heterocycles. The van der Waals surface area contributed by atoms with Crippen molar-refractivity contribution in [3.63, 3.8) is 0 Å². The fraction of sp³-hybridized carbons (Fsp3) is 0.259. The Kier molecular flexibility index (Phi) is 5.23. The van der Waals surface area contributed by atoms with Crippen molar-refractivity contribution in [2.24, 2.45) is 0 Å². The van der Waals surface area contributed by atoms with Crippen molar-refractivity contribution in [1.82, 2.24) is 9.55 Å². The van der Waals surface area contributed by atoms with Crippen LogP contribution in [0.1, 0.15) is 33.3 Å². The molecule has 2 aromatic carbocycles. The van der Waals surface area contributed by atoms with Gasteiger partial charge in [-0.15, -0.1) is 0 Å². The highest BCUT2D eigenvalue weighted by Crippen LogP contribution is 2.36. The lowest BCUT2D eigenvalue weighted by atomic mass is 9.79. The molecule has 33 heavy (non-hydrogen) atoms. The molecule has 3 heterocycles. The second-order valence-corrected chi connectivity index (χ2v) is 9.59. The van der Waals surface area contributed by atoms with Crippen LogP contribution in [0.3, 0.4) is 0 Å². The van der Waals surface area contributed by atoms with E-state index in [4.69, 9.17) is 9.31 Å². The summed E-state index contributed by atoms with van der Waals surface area (Å²) >= 11 is 0. The van der Waals surface area contributed by atoms with E-state index in [9.17, 15) is 4.79 Å². The van der Waals surface area contributed by atoms with E-state index < -0.39 is 7.12 Å². The van der Waals surface area contributed by atoms with Gasteiger partial charge in [0.25, 0.3) is 5.56 Å². The fourth-order valence-electron chi connectivity index (χ4n) is 4.14. The molecule has 0 atom stereocenters. The molecule has 2 aromatic heterocycles. The first kappa shape index (κ1) is 21.6. The Bertz CT molecular complexity index is 1350. The van der Waals surface area contributed by atoms with Crippen LogP contribution in [0.25, 0.3) is 21.9 Å². The minimum atomic E-state index is -0.394. The second kappa shape index (κ2) is 7.98. The normalized spacial score (nSPS) is 16.9. The smallest absolute Gasteiger partial charge is 0.399 e. The molecule has 0 saturated carbocycles. The van der Waals surface area contributed by atoms with Gasteiger partial charge in [-0.2, -0.15) is 0 Å². The third-order valence-electron chi connectivity index (χ3n) is 6.84. The maximum absolute atomic E-state index is 13.2. The van der Waals surface area contributed by atoms with Gasteiger partial charge in [0.15, 0.2) is 0 Å². The van der Waals surface area contributed by atoms with Crippen molar-refractivity contribution in [3.8, 4) is 11.1 Å². The van der Waals surface area contributed by atoms with Gasteiger partial charge >= 0.3 is 7.12 Å². The van der Waals surface area contributed by atoms with Crippen molar-refractivity contribution < 1.29 is 9.31 Å². The van der Waals surface area contributed by atoms with Crippen LogP contribution in [0.2, 0.25) is 0 Å². The van der Waals surface area contributed by atoms with Crippen molar-refractivity contribution in [1.29, 1.82) is 0 Å². The van der Waals surface area contributed by atoms with Gasteiger partial charge in [0, 0.05) is 24.2 Å². The number of hydrogen-bond donors (Lipinski definition) is 0. The molecular formula is C27H27BN2O3. The van der Waals surface area contributed by atoms with E-state index in [0.29, 0.717) is 11.9 Å². The van der Waals surface area contributed by atoms with E-state index in [0.717, 1.165) is 27.5 Å². The SMILES string of the molecule is CC1(C)OB(c2ccc(Cn3ccc4c(-c5ccccc5)cncc4c3=O)cc2)OC1(C)C. The largest absolute Gasteiger partial charge is 0.494 e. The highest BCUT2D eigenvalue weighted by atomic mass is 16.7. The lowest BCUT2D eigenvalue weighted by molar-refractivity contribution is 0.00578. The Morgan fingerprint density at radius 2 is 1.52 bits per heavy atom. The molecule has 4 aromatic rings. The Balaban J connectivity index is 1.41. The first-order valence-electron chi connectivity index (χ1n) is 11.2. The van der Waals surface area contributed by atoms with E-state index in [2.05, 4.69) is 4.98 Å². The molecular weight excluding hydrogens is 411 g/mol. The summed E-state index contributed by atoms with van der Waals surface area (Å²) in [7, 11) is -0.394. The number of hydrogen-bond acceptors (Lipinski definition) is 4. The minimum absolute atomic E-state index is 0.0483. The Labute approximate surface area is 194 Å². The zero-order chi connectivity index (χ0) is 23.2. The van der Waals surface area contributed by atoms with Gasteiger partial charge in [-0.05, 0) is 55.7 Å². The quantitative estimate of drug-likeness (QED) is 0.443. The summed E-state index contributed by atoms with van der Waals surface area (Å²) in [5.41, 5.74) is 3.22. The first-order valence-corrected chi connectivity index (χ1v) is 11.2. The monoisotopic (exact) mass is 438 g/mol. The van der Waals surface area contributed by atoms with Gasteiger partial charge in [-0.3, -0.25) is 9.78 Å². The maximum Gasteiger partial charge on any atom is 0.494 e. The van der Waals surface area contributed by atoms with Crippen molar-refractivity contribution >= 4 is 23.4 Å². The third-order valence-corrected chi connectivity index (χ3v) is 6.84. The van der Waals surface area contributed by atoms with Crippen LogP contribution in [0.15, 0.2) is 84.0 Å². The lowest BCUT2D eigenvalue weighted by Crippen LogP contribution is -2.41. The summed E-state index contributed by atoms with van der Waals surface area (Å²) in [6, 6.07) is 20.1. The van der Waals surface area contributed by atoms with E-state index >= 15 is 0 Å². The molecule has 0 amide bonds. The predicted molar refractivity (Wildman–Crippen MR) is 133 cm³/mol. The molecule has 1 aliphatic heterocycles. The predicted octanol–water partition coefficient (Wildman–Crippen LogP) is 4.41. The van der Waals surface area contributed by atoms with Gasteiger partial charge in [-0.1, -0.05) is 54.6 Å². The average molecular weight is 438 g/mol. The molecule has 5 rings (SSSR count). The number of pyridine rings is 2. The highest BCUT2D eigenvalue weighted by molar-refractivity contribution is 6.62. The van der Waals surface area contributed by atoms with Crippen LogP contribution >= 0.6 is 0 Å². The summed E-state index contributed by atoms with van der Waals surface area (Å²) in [6.45, 7) is 8.67. The molecule has 166 valence electrons. The molecule has 6 heteroatoms.